The maximum absolute atomic E-state index is 12.5. The molecule has 0 aliphatic heterocycles. The summed E-state index contributed by atoms with van der Waals surface area (Å²) in [5.74, 6) is 0.0311. The van der Waals surface area contributed by atoms with E-state index in [4.69, 9.17) is 5.73 Å². The van der Waals surface area contributed by atoms with Gasteiger partial charge in [0.15, 0.2) is 0 Å². The molecule has 2 rings (SSSR count). The van der Waals surface area contributed by atoms with E-state index < -0.39 is 5.54 Å². The van der Waals surface area contributed by atoms with Crippen LogP contribution in [0.3, 0.4) is 0 Å². The van der Waals surface area contributed by atoms with Crippen LogP contribution in [0, 0.1) is 0 Å². The Morgan fingerprint density at radius 2 is 1.82 bits per heavy atom. The summed E-state index contributed by atoms with van der Waals surface area (Å²) in [6, 6.07) is 10.6. The van der Waals surface area contributed by atoms with Gasteiger partial charge in [0, 0.05) is 6.04 Å². The van der Waals surface area contributed by atoms with Crippen molar-refractivity contribution in [3.8, 4) is 0 Å². The van der Waals surface area contributed by atoms with Gasteiger partial charge in [-0.25, -0.2) is 0 Å². The second kappa shape index (κ2) is 6.82. The Morgan fingerprint density at radius 3 is 2.41 bits per heavy atom. The van der Waals surface area contributed by atoms with Gasteiger partial charge >= 0.3 is 0 Å². The molecule has 1 amide bonds. The second-order valence-corrected chi connectivity index (χ2v) is 7.55. The largest absolute Gasteiger partial charge is 0.352 e. The number of nitrogens with one attached hydrogen (secondary N) is 1. The molecule has 1 aliphatic carbocycles. The number of rotatable bonds is 5. The highest BCUT2D eigenvalue weighted by Gasteiger charge is 2.36. The first-order valence-electron chi connectivity index (χ1n) is 8.49. The van der Waals surface area contributed by atoms with Gasteiger partial charge in [0.1, 0.15) is 0 Å². The van der Waals surface area contributed by atoms with Gasteiger partial charge in [0.2, 0.25) is 5.91 Å². The van der Waals surface area contributed by atoms with Gasteiger partial charge < -0.3 is 11.1 Å². The zero-order valence-corrected chi connectivity index (χ0v) is 14.2. The molecule has 1 aliphatic rings. The number of carbonyl (C=O) groups excluding carboxylic acids is 1. The topological polar surface area (TPSA) is 55.1 Å². The molecule has 1 saturated carbocycles. The lowest BCUT2D eigenvalue weighted by atomic mass is 9.78. The zero-order chi connectivity index (χ0) is 16.2. The van der Waals surface area contributed by atoms with E-state index in [1.165, 1.54) is 12.0 Å². The molecule has 22 heavy (non-hydrogen) atoms. The van der Waals surface area contributed by atoms with Crippen LogP contribution in [0.25, 0.3) is 0 Å². The summed E-state index contributed by atoms with van der Waals surface area (Å²) < 4.78 is 0. The van der Waals surface area contributed by atoms with Crippen LogP contribution < -0.4 is 11.1 Å². The van der Waals surface area contributed by atoms with Crippen molar-refractivity contribution < 1.29 is 4.79 Å². The summed E-state index contributed by atoms with van der Waals surface area (Å²) in [6.45, 7) is 6.53. The summed E-state index contributed by atoms with van der Waals surface area (Å²) in [6.07, 6.45) is 5.85. The van der Waals surface area contributed by atoms with Gasteiger partial charge in [-0.15, -0.1) is 0 Å². The third kappa shape index (κ3) is 4.10. The van der Waals surface area contributed by atoms with Crippen LogP contribution in [0.5, 0.6) is 0 Å². The Morgan fingerprint density at radius 1 is 1.23 bits per heavy atom. The zero-order valence-electron chi connectivity index (χ0n) is 14.2. The van der Waals surface area contributed by atoms with E-state index in [-0.39, 0.29) is 17.4 Å². The van der Waals surface area contributed by atoms with Crippen LogP contribution in [0.15, 0.2) is 30.3 Å². The Labute approximate surface area is 134 Å². The fraction of sp³-hybridized carbons (Fsp3) is 0.632. The fourth-order valence-corrected chi connectivity index (χ4v) is 3.60. The summed E-state index contributed by atoms with van der Waals surface area (Å²) in [4.78, 5) is 12.5. The van der Waals surface area contributed by atoms with Crippen molar-refractivity contribution in [2.45, 2.75) is 76.3 Å². The standard InChI is InChI=1S/C19H30N2O/c1-15(14-18(2,3)16-10-6-4-7-11-16)21-17(22)19(20)12-8-5-9-13-19/h4,6-7,10-11,15H,5,8-9,12-14,20H2,1-3H3,(H,21,22). The lowest BCUT2D eigenvalue weighted by molar-refractivity contribution is -0.128. The average molecular weight is 302 g/mol. The molecule has 1 fully saturated rings. The van der Waals surface area contributed by atoms with E-state index in [1.807, 2.05) is 6.07 Å². The number of carbonyl (C=O) groups is 1. The molecular weight excluding hydrogens is 272 g/mol. The maximum Gasteiger partial charge on any atom is 0.240 e. The molecular formula is C19H30N2O. The third-order valence-electron chi connectivity index (χ3n) is 4.95. The van der Waals surface area contributed by atoms with Gasteiger partial charge in [-0.05, 0) is 37.2 Å². The highest BCUT2D eigenvalue weighted by molar-refractivity contribution is 5.86. The lowest BCUT2D eigenvalue weighted by Gasteiger charge is -2.35. The average Bonchev–Trinajstić information content (AvgIpc) is 2.48. The molecule has 0 heterocycles. The Balaban J connectivity index is 1.94. The number of nitrogens with two attached hydrogens (primary N) is 1. The molecule has 0 spiro atoms. The van der Waals surface area contributed by atoms with Crippen LogP contribution in [0.1, 0.15) is 64.9 Å². The predicted octanol–water partition coefficient (Wildman–Crippen LogP) is 3.52. The first-order valence-corrected chi connectivity index (χ1v) is 8.49. The lowest BCUT2D eigenvalue weighted by Crippen LogP contribution is -2.57. The molecule has 0 aromatic heterocycles. The van der Waals surface area contributed by atoms with E-state index in [0.29, 0.717) is 0 Å². The summed E-state index contributed by atoms with van der Waals surface area (Å²) in [7, 11) is 0. The second-order valence-electron chi connectivity index (χ2n) is 7.55. The van der Waals surface area contributed by atoms with Crippen molar-refractivity contribution in [3.63, 3.8) is 0 Å². The first kappa shape index (κ1) is 17.0. The fourth-order valence-electron chi connectivity index (χ4n) is 3.60. The van der Waals surface area contributed by atoms with E-state index in [9.17, 15) is 4.79 Å². The highest BCUT2D eigenvalue weighted by Crippen LogP contribution is 2.29. The Kier molecular flexibility index (Phi) is 5.28. The van der Waals surface area contributed by atoms with E-state index in [1.54, 1.807) is 0 Å². The number of amides is 1. The van der Waals surface area contributed by atoms with Crippen molar-refractivity contribution in [2.75, 3.05) is 0 Å². The molecule has 0 saturated heterocycles. The molecule has 1 aromatic rings. The van der Waals surface area contributed by atoms with Crippen LogP contribution >= 0.6 is 0 Å². The summed E-state index contributed by atoms with van der Waals surface area (Å²) in [5.41, 5.74) is 7.00. The Hall–Kier alpha value is -1.35. The molecule has 1 unspecified atom stereocenters. The van der Waals surface area contributed by atoms with Crippen LogP contribution in [0.2, 0.25) is 0 Å². The molecule has 0 radical (unpaired) electrons. The minimum Gasteiger partial charge on any atom is -0.352 e. The molecule has 1 aromatic carbocycles. The number of benzene rings is 1. The molecule has 3 N–H and O–H groups in total. The smallest absolute Gasteiger partial charge is 0.240 e. The number of hydrogen-bond acceptors (Lipinski definition) is 2. The highest BCUT2D eigenvalue weighted by atomic mass is 16.2. The normalized spacial score (nSPS) is 19.5. The minimum atomic E-state index is -0.649. The SMILES string of the molecule is CC(CC(C)(C)c1ccccc1)NC(=O)C1(N)CCCCC1. The summed E-state index contributed by atoms with van der Waals surface area (Å²) >= 11 is 0. The molecule has 122 valence electrons. The van der Waals surface area contributed by atoms with E-state index in [2.05, 4.69) is 50.4 Å². The van der Waals surface area contributed by atoms with Gasteiger partial charge in [0.05, 0.1) is 5.54 Å². The minimum absolute atomic E-state index is 0.0300. The van der Waals surface area contributed by atoms with E-state index >= 15 is 0 Å². The van der Waals surface area contributed by atoms with Crippen molar-refractivity contribution in [2.24, 2.45) is 5.73 Å². The molecule has 3 nitrogen and oxygen atoms in total. The molecule has 3 heteroatoms. The predicted molar refractivity (Wildman–Crippen MR) is 91.7 cm³/mol. The van der Waals surface area contributed by atoms with Gasteiger partial charge in [0.25, 0.3) is 0 Å². The maximum atomic E-state index is 12.5. The molecule has 1 atom stereocenters. The number of hydrogen-bond donors (Lipinski definition) is 2. The van der Waals surface area contributed by atoms with Gasteiger partial charge in [-0.1, -0.05) is 63.4 Å². The first-order chi connectivity index (χ1) is 10.3. The van der Waals surface area contributed by atoms with Crippen LogP contribution in [0.4, 0.5) is 0 Å². The quantitative estimate of drug-likeness (QED) is 0.874. The van der Waals surface area contributed by atoms with Crippen molar-refractivity contribution >= 4 is 5.91 Å². The van der Waals surface area contributed by atoms with E-state index in [0.717, 1.165) is 32.1 Å². The van der Waals surface area contributed by atoms with Crippen molar-refractivity contribution in [1.82, 2.24) is 5.32 Å². The van der Waals surface area contributed by atoms with Gasteiger partial charge in [-0.2, -0.15) is 0 Å². The molecule has 0 bridgehead atoms. The van der Waals surface area contributed by atoms with Crippen LogP contribution in [-0.2, 0) is 10.2 Å². The summed E-state index contributed by atoms with van der Waals surface area (Å²) in [5, 5.41) is 3.15. The third-order valence-corrected chi connectivity index (χ3v) is 4.95. The van der Waals surface area contributed by atoms with Crippen LogP contribution in [-0.4, -0.2) is 17.5 Å². The monoisotopic (exact) mass is 302 g/mol. The Bertz CT molecular complexity index is 489. The van der Waals surface area contributed by atoms with Crippen molar-refractivity contribution in [1.29, 1.82) is 0 Å². The van der Waals surface area contributed by atoms with Crippen molar-refractivity contribution in [3.05, 3.63) is 35.9 Å². The van der Waals surface area contributed by atoms with Gasteiger partial charge in [-0.3, -0.25) is 4.79 Å².